The lowest BCUT2D eigenvalue weighted by atomic mass is 10.1. The highest BCUT2D eigenvalue weighted by Gasteiger charge is 2.41. The molecule has 2 N–H and O–H groups in total. The van der Waals surface area contributed by atoms with Gasteiger partial charge in [0.2, 0.25) is 0 Å². The highest BCUT2D eigenvalue weighted by molar-refractivity contribution is 8.26. The Bertz CT molecular complexity index is 1040. The molecule has 2 aromatic carbocycles. The molecule has 0 radical (unpaired) electrons. The van der Waals surface area contributed by atoms with Gasteiger partial charge in [-0.25, -0.2) is 9.59 Å². The van der Waals surface area contributed by atoms with E-state index < -0.39 is 30.0 Å². The first-order chi connectivity index (χ1) is 14.8. The minimum atomic E-state index is -1.21. The molecule has 0 spiro atoms. The number of carboxylic acids is 2. The number of benzene rings is 2. The smallest absolute Gasteiger partial charge is 0.344 e. The molecule has 1 aliphatic rings. The molecule has 3 rings (SSSR count). The summed E-state index contributed by atoms with van der Waals surface area (Å²) in [6, 6.07) is 13.8. The Morgan fingerprint density at radius 3 is 2.29 bits per heavy atom. The highest BCUT2D eigenvalue weighted by Crippen LogP contribution is 2.38. The topological polar surface area (TPSA) is 104 Å². The third-order valence-corrected chi connectivity index (χ3v) is 5.86. The quantitative estimate of drug-likeness (QED) is 0.454. The van der Waals surface area contributed by atoms with Crippen LogP contribution in [0.4, 0.5) is 0 Å². The molecule has 9 heteroatoms. The summed E-state index contributed by atoms with van der Waals surface area (Å²) in [5.74, 6) is -2.30. The van der Waals surface area contributed by atoms with Crippen LogP contribution in [0, 0.1) is 0 Å². The Morgan fingerprint density at radius 1 is 1.10 bits per heavy atom. The van der Waals surface area contributed by atoms with Crippen molar-refractivity contribution in [3.05, 3.63) is 70.6 Å². The molecule has 1 amide bonds. The molecule has 2 unspecified atom stereocenters. The number of aliphatic carboxylic acids is 2. The van der Waals surface area contributed by atoms with Crippen molar-refractivity contribution >= 4 is 52.2 Å². The average molecular weight is 458 g/mol. The summed E-state index contributed by atoms with van der Waals surface area (Å²) >= 11 is 6.34. The first kappa shape index (κ1) is 22.5. The molecule has 31 heavy (non-hydrogen) atoms. The molecule has 2 atom stereocenters. The second-order valence-electron chi connectivity index (χ2n) is 6.63. The second-order valence-corrected chi connectivity index (χ2v) is 8.30. The van der Waals surface area contributed by atoms with Crippen molar-refractivity contribution in [1.29, 1.82) is 0 Å². The summed E-state index contributed by atoms with van der Waals surface area (Å²) in [6.45, 7) is 1.72. The lowest BCUT2D eigenvalue weighted by molar-refractivity contribution is -0.145. The fraction of sp³-hybridized carbons (Fsp3) is 0.182. The summed E-state index contributed by atoms with van der Waals surface area (Å²) in [5, 5.41) is 18.8. The molecule has 1 heterocycles. The van der Waals surface area contributed by atoms with Gasteiger partial charge in [-0.1, -0.05) is 73.4 Å². The maximum absolute atomic E-state index is 13.0. The average Bonchev–Trinajstić information content (AvgIpc) is 3.01. The summed E-state index contributed by atoms with van der Waals surface area (Å²) in [6.07, 6.45) is 1.00. The molecule has 0 bridgehead atoms. The lowest BCUT2D eigenvalue weighted by Gasteiger charge is -2.23. The number of nitrogens with zero attached hydrogens (tertiary/aromatic N) is 1. The number of amides is 1. The molecule has 2 aromatic rings. The number of thiocarbonyl (C=S) groups is 1. The molecule has 1 fully saturated rings. The van der Waals surface area contributed by atoms with E-state index in [0.29, 0.717) is 28.2 Å². The predicted molar refractivity (Wildman–Crippen MR) is 121 cm³/mol. The van der Waals surface area contributed by atoms with Gasteiger partial charge in [-0.3, -0.25) is 9.69 Å². The fourth-order valence-electron chi connectivity index (χ4n) is 3.01. The minimum absolute atomic E-state index is 0.166. The van der Waals surface area contributed by atoms with Gasteiger partial charge in [0.1, 0.15) is 10.1 Å². The van der Waals surface area contributed by atoms with E-state index in [1.807, 2.05) is 0 Å². The predicted octanol–water partition coefficient (Wildman–Crippen LogP) is 3.96. The van der Waals surface area contributed by atoms with Gasteiger partial charge in [-0.15, -0.1) is 0 Å². The standard InChI is InChI=1S/C22H19NO6S2/c1-2-16(20(25)26)29-15-10-8-13(9-11-15)12-17-19(24)23(22(30)31-17)18(21(27)28)14-6-4-3-5-7-14/h3-12,16,18H,2H2,1H3,(H,25,26)(H,27,28)/b17-12-. The number of rotatable bonds is 8. The second kappa shape index (κ2) is 9.76. The molecule has 0 aliphatic carbocycles. The third-order valence-electron chi connectivity index (χ3n) is 4.53. The van der Waals surface area contributed by atoms with Crippen molar-refractivity contribution in [2.24, 2.45) is 0 Å². The van der Waals surface area contributed by atoms with E-state index in [4.69, 9.17) is 22.1 Å². The van der Waals surface area contributed by atoms with Gasteiger partial charge in [0.15, 0.2) is 12.1 Å². The fourth-order valence-corrected chi connectivity index (χ4v) is 4.32. The van der Waals surface area contributed by atoms with E-state index in [1.165, 1.54) is 0 Å². The van der Waals surface area contributed by atoms with E-state index in [0.717, 1.165) is 16.7 Å². The summed E-state index contributed by atoms with van der Waals surface area (Å²) in [4.78, 5) is 37.4. The van der Waals surface area contributed by atoms with Crippen molar-refractivity contribution in [1.82, 2.24) is 4.90 Å². The largest absolute Gasteiger partial charge is 0.479 e. The first-order valence-electron chi connectivity index (χ1n) is 9.36. The van der Waals surface area contributed by atoms with Gasteiger partial charge in [0.05, 0.1) is 4.91 Å². The summed E-state index contributed by atoms with van der Waals surface area (Å²) in [5.41, 5.74) is 1.13. The minimum Gasteiger partial charge on any atom is -0.479 e. The highest BCUT2D eigenvalue weighted by atomic mass is 32.2. The van der Waals surface area contributed by atoms with Crippen molar-refractivity contribution in [3.8, 4) is 5.75 Å². The van der Waals surface area contributed by atoms with E-state index in [1.54, 1.807) is 67.6 Å². The SMILES string of the molecule is CCC(Oc1ccc(/C=C2\SC(=S)N(C(C(=O)O)c3ccccc3)C2=O)cc1)C(=O)O. The van der Waals surface area contributed by atoms with Gasteiger partial charge in [-0.05, 0) is 35.8 Å². The van der Waals surface area contributed by atoms with Crippen LogP contribution in [-0.4, -0.2) is 43.4 Å². The lowest BCUT2D eigenvalue weighted by Crippen LogP contribution is -2.37. The monoisotopic (exact) mass is 457 g/mol. The van der Waals surface area contributed by atoms with Crippen molar-refractivity contribution in [2.75, 3.05) is 0 Å². The van der Waals surface area contributed by atoms with E-state index in [9.17, 15) is 19.5 Å². The number of carbonyl (C=O) groups excluding carboxylic acids is 1. The Morgan fingerprint density at radius 2 is 1.74 bits per heavy atom. The maximum atomic E-state index is 13.0. The zero-order chi connectivity index (χ0) is 22.5. The van der Waals surface area contributed by atoms with E-state index in [-0.39, 0.29) is 4.32 Å². The molecule has 0 aromatic heterocycles. The Hall–Kier alpha value is -3.17. The van der Waals surface area contributed by atoms with Crippen LogP contribution >= 0.6 is 24.0 Å². The molecular formula is C22H19NO6S2. The zero-order valence-electron chi connectivity index (χ0n) is 16.4. The third kappa shape index (κ3) is 5.12. The van der Waals surface area contributed by atoms with Crippen molar-refractivity contribution in [3.63, 3.8) is 0 Å². The van der Waals surface area contributed by atoms with Crippen LogP contribution in [0.25, 0.3) is 6.08 Å². The molecule has 160 valence electrons. The van der Waals surface area contributed by atoms with E-state index >= 15 is 0 Å². The Balaban J connectivity index is 1.81. The summed E-state index contributed by atoms with van der Waals surface area (Å²) < 4.78 is 5.59. The van der Waals surface area contributed by atoms with Gasteiger partial charge in [-0.2, -0.15) is 0 Å². The van der Waals surface area contributed by atoms with Crippen LogP contribution < -0.4 is 4.74 Å². The van der Waals surface area contributed by atoms with Crippen LogP contribution in [0.2, 0.25) is 0 Å². The zero-order valence-corrected chi connectivity index (χ0v) is 18.1. The van der Waals surface area contributed by atoms with Crippen LogP contribution in [-0.2, 0) is 14.4 Å². The van der Waals surface area contributed by atoms with Crippen molar-refractivity contribution < 1.29 is 29.3 Å². The number of thioether (sulfide) groups is 1. The van der Waals surface area contributed by atoms with Crippen LogP contribution in [0.15, 0.2) is 59.5 Å². The molecule has 1 aliphatic heterocycles. The van der Waals surface area contributed by atoms with Gasteiger partial charge in [0, 0.05) is 0 Å². The number of carboxylic acid groups (broad SMARTS) is 2. The summed E-state index contributed by atoms with van der Waals surface area (Å²) in [7, 11) is 0. The Kier molecular flexibility index (Phi) is 7.09. The number of hydrogen-bond donors (Lipinski definition) is 2. The van der Waals surface area contributed by atoms with Crippen molar-refractivity contribution in [2.45, 2.75) is 25.5 Å². The first-order valence-corrected chi connectivity index (χ1v) is 10.6. The van der Waals surface area contributed by atoms with E-state index in [2.05, 4.69) is 0 Å². The normalized spacial score (nSPS) is 16.9. The maximum Gasteiger partial charge on any atom is 0.344 e. The van der Waals surface area contributed by atoms with Crippen LogP contribution in [0.3, 0.4) is 0 Å². The molecule has 1 saturated heterocycles. The Labute approximate surface area is 188 Å². The van der Waals surface area contributed by atoms with Gasteiger partial charge in [0.25, 0.3) is 5.91 Å². The van der Waals surface area contributed by atoms with Gasteiger partial charge < -0.3 is 14.9 Å². The molecule has 7 nitrogen and oxygen atoms in total. The molecule has 0 saturated carbocycles. The number of hydrogen-bond acceptors (Lipinski definition) is 6. The van der Waals surface area contributed by atoms with Gasteiger partial charge >= 0.3 is 11.9 Å². The number of ether oxygens (including phenoxy) is 1. The van der Waals surface area contributed by atoms with Crippen LogP contribution in [0.5, 0.6) is 5.75 Å². The molecular weight excluding hydrogens is 438 g/mol. The van der Waals surface area contributed by atoms with Crippen LogP contribution in [0.1, 0.15) is 30.5 Å². The number of carbonyl (C=O) groups is 3.